The number of sulfone groups is 1. The summed E-state index contributed by atoms with van der Waals surface area (Å²) >= 11 is 0. The van der Waals surface area contributed by atoms with Gasteiger partial charge in [0.25, 0.3) is 5.16 Å². The highest BCUT2D eigenvalue weighted by molar-refractivity contribution is 7.91. The number of rotatable bonds is 18. The number of benzene rings is 1. The Morgan fingerprint density at radius 1 is 1.05 bits per heavy atom. The Bertz CT molecular complexity index is 2040. The number of aliphatic hydroxyl groups excluding tert-OH is 1. The van der Waals surface area contributed by atoms with Crippen LogP contribution in [0.25, 0.3) is 0 Å². The van der Waals surface area contributed by atoms with Crippen LogP contribution >= 0.6 is 0 Å². The van der Waals surface area contributed by atoms with Crippen LogP contribution in [0, 0.1) is 11.1 Å². The third kappa shape index (κ3) is 12.9. The Morgan fingerprint density at radius 3 is 2.44 bits per heavy atom. The normalized spacial score (nSPS) is 15.9. The van der Waals surface area contributed by atoms with Crippen molar-refractivity contribution in [3.05, 3.63) is 88.9 Å². The summed E-state index contributed by atoms with van der Waals surface area (Å²) < 4.78 is 34.6. The fourth-order valence-corrected chi connectivity index (χ4v) is 8.24. The predicted molar refractivity (Wildman–Crippen MR) is 206 cm³/mol. The van der Waals surface area contributed by atoms with Gasteiger partial charge in [-0.25, -0.2) is 22.9 Å². The number of nitrogens with zero attached hydrogens (tertiary/aromatic N) is 6. The van der Waals surface area contributed by atoms with Crippen molar-refractivity contribution in [2.75, 3.05) is 5.75 Å². The summed E-state index contributed by atoms with van der Waals surface area (Å²) in [5, 5.41) is 39.1. The van der Waals surface area contributed by atoms with E-state index in [1.54, 1.807) is 32.9 Å². The predicted octanol–water partition coefficient (Wildman–Crippen LogP) is 1.75. The van der Waals surface area contributed by atoms with Gasteiger partial charge in [-0.3, -0.25) is 9.59 Å². The summed E-state index contributed by atoms with van der Waals surface area (Å²) in [7, 11) is -4.29. The van der Waals surface area contributed by atoms with Crippen LogP contribution in [0.5, 0.6) is 0 Å². The van der Waals surface area contributed by atoms with Crippen molar-refractivity contribution in [2.45, 2.75) is 120 Å². The van der Waals surface area contributed by atoms with Gasteiger partial charge in [-0.15, -0.1) is 0 Å². The first-order chi connectivity index (χ1) is 27.1. The number of H-pyrrole nitrogens is 1. The van der Waals surface area contributed by atoms with Gasteiger partial charge in [0, 0.05) is 37.0 Å². The van der Waals surface area contributed by atoms with Crippen LogP contribution in [0.3, 0.4) is 0 Å². The Labute approximate surface area is 331 Å². The molecule has 1 aromatic carbocycles. The monoisotopic (exact) mass is 808 g/mol. The fraction of sp³-hybridized carbons (Fsp3) is 0.526. The minimum atomic E-state index is -4.29. The third-order valence-corrected chi connectivity index (χ3v) is 11.3. The number of aromatic amines is 1. The highest BCUT2D eigenvalue weighted by atomic mass is 32.2. The summed E-state index contributed by atoms with van der Waals surface area (Å²) in [4.78, 5) is 47.4. The molecule has 3 aromatic heterocycles. The first-order valence-electron chi connectivity index (χ1n) is 19.1. The van der Waals surface area contributed by atoms with Crippen molar-refractivity contribution in [1.82, 2.24) is 40.8 Å². The molecule has 0 bridgehead atoms. The number of pyridine rings is 1. The van der Waals surface area contributed by atoms with E-state index in [0.29, 0.717) is 16.8 Å². The van der Waals surface area contributed by atoms with Gasteiger partial charge < -0.3 is 36.4 Å². The number of Topliss-reactive ketones (excluding diaryl/α,β-unsaturated/α-hetero) is 1. The average molecular weight is 809 g/mol. The molecule has 1 saturated carbocycles. The van der Waals surface area contributed by atoms with Crippen molar-refractivity contribution < 1.29 is 37.4 Å². The summed E-state index contributed by atoms with van der Waals surface area (Å²) in [5.41, 5.74) is 7.30. The molecule has 4 aromatic rings. The van der Waals surface area contributed by atoms with Gasteiger partial charge in [0.1, 0.15) is 11.6 Å². The molecule has 19 heteroatoms. The zero-order valence-electron chi connectivity index (χ0n) is 32.4. The van der Waals surface area contributed by atoms with Gasteiger partial charge in [-0.1, -0.05) is 67.5 Å². The molecule has 0 aliphatic heterocycles. The molecule has 1 aliphatic rings. The van der Waals surface area contributed by atoms with Crippen molar-refractivity contribution in [3.63, 3.8) is 0 Å². The van der Waals surface area contributed by atoms with Crippen LogP contribution in [0.1, 0.15) is 86.7 Å². The number of hydrogen-bond donors (Lipinski definition) is 5. The maximum Gasteiger partial charge on any atom is 0.408 e. The second kappa shape index (κ2) is 19.3. The van der Waals surface area contributed by atoms with E-state index in [1.807, 2.05) is 30.3 Å². The molecule has 5 rings (SSSR count). The van der Waals surface area contributed by atoms with Gasteiger partial charge in [0.15, 0.2) is 18.2 Å². The van der Waals surface area contributed by atoms with E-state index in [0.717, 1.165) is 47.9 Å². The number of tetrazole rings is 1. The number of nitrogens with one attached hydrogen (secondary N) is 3. The van der Waals surface area contributed by atoms with Crippen LogP contribution in [0.15, 0.2) is 66.2 Å². The first-order valence-corrected chi connectivity index (χ1v) is 20.7. The molecule has 18 nitrogen and oxygen atoms in total. The summed E-state index contributed by atoms with van der Waals surface area (Å²) in [5.74, 6) is -1.86. The lowest BCUT2D eigenvalue weighted by atomic mass is 9.84. The minimum Gasteiger partial charge on any atom is -0.619 e. The van der Waals surface area contributed by atoms with Crippen molar-refractivity contribution >= 4 is 27.6 Å². The van der Waals surface area contributed by atoms with Gasteiger partial charge in [-0.2, -0.15) is 4.73 Å². The average Bonchev–Trinajstić information content (AvgIpc) is 3.84. The number of nitrogens with two attached hydrogens (primary N) is 1. The molecular weight excluding hydrogens is 757 g/mol. The van der Waals surface area contributed by atoms with E-state index in [-0.39, 0.29) is 37.5 Å². The van der Waals surface area contributed by atoms with Crippen LogP contribution < -0.4 is 21.1 Å². The highest BCUT2D eigenvalue weighted by Gasteiger charge is 2.35. The number of carbonyl (C=O) groups excluding carboxylic acids is 3. The van der Waals surface area contributed by atoms with Gasteiger partial charge >= 0.3 is 6.09 Å². The number of amides is 2. The maximum atomic E-state index is 14.1. The van der Waals surface area contributed by atoms with Crippen molar-refractivity contribution in [3.8, 4) is 0 Å². The molecule has 0 saturated heterocycles. The Balaban J connectivity index is 1.33. The zero-order valence-corrected chi connectivity index (χ0v) is 33.2. The SMILES string of the molecule is CC(C)(C)OC(=O)N[C@@H](Cc1cnc(C(=O)[C@@H](N)Cc2ccccc2)[nH]1)C(=O)N[C@@H](CC1CCCCC1)[C@H](O)CS(=O)(=O)c1nnnn1CCc1cc[n+]([O-])cc1. The number of ketones is 1. The quantitative estimate of drug-likeness (QED) is 0.0546. The van der Waals surface area contributed by atoms with Crippen molar-refractivity contribution in [1.29, 1.82) is 0 Å². The molecule has 308 valence electrons. The Morgan fingerprint density at radius 2 is 1.75 bits per heavy atom. The molecule has 1 aliphatic carbocycles. The third-order valence-electron chi connectivity index (χ3n) is 9.68. The van der Waals surface area contributed by atoms with Crippen LogP contribution in [0.2, 0.25) is 0 Å². The smallest absolute Gasteiger partial charge is 0.408 e. The van der Waals surface area contributed by atoms with Crippen molar-refractivity contribution in [2.24, 2.45) is 11.7 Å². The molecule has 1 fully saturated rings. The molecule has 4 atom stereocenters. The molecule has 57 heavy (non-hydrogen) atoms. The van der Waals surface area contributed by atoms with E-state index in [4.69, 9.17) is 10.5 Å². The molecule has 6 N–H and O–H groups in total. The van der Waals surface area contributed by atoms with Crippen LogP contribution in [-0.4, -0.2) is 97.1 Å². The van der Waals surface area contributed by atoms with E-state index in [2.05, 4.69) is 36.1 Å². The highest BCUT2D eigenvalue weighted by Crippen LogP contribution is 2.28. The number of hydrogen-bond acceptors (Lipinski definition) is 13. The molecule has 0 unspecified atom stereocenters. The van der Waals surface area contributed by atoms with E-state index < -0.39 is 68.4 Å². The van der Waals surface area contributed by atoms with E-state index in [9.17, 15) is 33.1 Å². The van der Waals surface area contributed by atoms with Gasteiger partial charge in [-0.05, 0) is 67.5 Å². The summed E-state index contributed by atoms with van der Waals surface area (Å²) in [6.45, 7) is 5.10. The first kappa shape index (κ1) is 42.9. The largest absolute Gasteiger partial charge is 0.619 e. The second-order valence-corrected chi connectivity index (χ2v) is 17.5. The zero-order chi connectivity index (χ0) is 41.2. The molecule has 0 spiro atoms. The van der Waals surface area contributed by atoms with E-state index >= 15 is 0 Å². The summed E-state index contributed by atoms with van der Waals surface area (Å²) in [6.07, 6.45) is 6.96. The lowest BCUT2D eigenvalue weighted by Crippen LogP contribution is -2.55. The van der Waals surface area contributed by atoms with Crippen LogP contribution in [-0.2, 0) is 45.2 Å². The number of alkyl carbamates (subject to hydrolysis) is 1. The lowest BCUT2D eigenvalue weighted by Gasteiger charge is -2.31. The number of aryl methyl sites for hydroxylation is 2. The molecule has 0 radical (unpaired) electrons. The number of aromatic nitrogens is 7. The van der Waals surface area contributed by atoms with Gasteiger partial charge in [0.05, 0.1) is 23.9 Å². The van der Waals surface area contributed by atoms with Crippen LogP contribution in [0.4, 0.5) is 4.79 Å². The number of imidazole rings is 1. The molecular formula is C38H52N10O8S. The standard InChI is InChI=1S/C38H52N10O8S/c1-38(2,3)56-37(52)43-31(22-28-23-40-34(41-28)33(50)29(39)20-26-10-6-4-7-11-26)35(51)42-30(21-27-12-8-5-9-13-27)32(49)24-57(54,55)36-44-45-46-48(36)19-16-25-14-17-47(53)18-15-25/h4,6-7,10-11,14-15,17-18,23,27,29-32,49H,5,8-9,12-13,16,19-22,24,39H2,1-3H3,(H,40,41)(H,42,51)(H,43,52)/t29-,30-,31-,32+/m0/s1. The van der Waals surface area contributed by atoms with E-state index in [1.165, 1.54) is 18.6 Å². The number of aliphatic hydroxyl groups is 1. The second-order valence-electron chi connectivity index (χ2n) is 15.5. The maximum absolute atomic E-state index is 14.1. The summed E-state index contributed by atoms with van der Waals surface area (Å²) in [6, 6.07) is 9.28. The number of carbonyl (C=O) groups is 3. The molecule has 2 amide bonds. The molecule has 3 heterocycles. The lowest BCUT2D eigenvalue weighted by molar-refractivity contribution is -0.605. The topological polar surface area (TPSA) is 264 Å². The minimum absolute atomic E-state index is 0.0117. The Kier molecular flexibility index (Phi) is 14.5. The Hall–Kier alpha value is -5.27. The van der Waals surface area contributed by atoms with Gasteiger partial charge in [0.2, 0.25) is 21.5 Å². The fourth-order valence-electron chi connectivity index (χ4n) is 6.80. The number of ether oxygens (including phenoxy) is 1.